The molecule has 0 atom stereocenters. The van der Waals surface area contributed by atoms with Gasteiger partial charge in [-0.15, -0.1) is 0 Å². The summed E-state index contributed by atoms with van der Waals surface area (Å²) in [5, 5.41) is 13.7. The van der Waals surface area contributed by atoms with Crippen LogP contribution in [0.5, 0.6) is 5.75 Å². The number of likely N-dealkylation sites (N-methyl/N-ethyl adjacent to an activating group) is 1. The number of aliphatic hydroxyl groups excluding tert-OH is 1. The first-order valence-corrected chi connectivity index (χ1v) is 12.2. The van der Waals surface area contributed by atoms with Crippen LogP contribution in [-0.2, 0) is 13.5 Å². The van der Waals surface area contributed by atoms with Crippen molar-refractivity contribution >= 4 is 23.0 Å². The predicted molar refractivity (Wildman–Crippen MR) is 131 cm³/mol. The Morgan fingerprint density at radius 1 is 1.33 bits per heavy atom. The molecule has 0 amide bonds. The summed E-state index contributed by atoms with van der Waals surface area (Å²) >= 11 is 1.68. The Balaban J connectivity index is 1.65. The van der Waals surface area contributed by atoms with Crippen LogP contribution in [0.3, 0.4) is 0 Å². The lowest BCUT2D eigenvalue weighted by atomic mass is 10.1. The Hall–Kier alpha value is -2.40. The molecule has 0 bridgehead atoms. The van der Waals surface area contributed by atoms with E-state index in [2.05, 4.69) is 26.2 Å². The summed E-state index contributed by atoms with van der Waals surface area (Å²) in [5.41, 5.74) is 2.54. The molecule has 3 heterocycles. The molecule has 1 aromatic carbocycles. The second kappa shape index (κ2) is 10.3. The lowest BCUT2D eigenvalue weighted by Gasteiger charge is -2.43. The summed E-state index contributed by atoms with van der Waals surface area (Å²) in [5.74, 6) is 1.18. The van der Waals surface area contributed by atoms with E-state index in [9.17, 15) is 4.79 Å². The van der Waals surface area contributed by atoms with Crippen molar-refractivity contribution in [1.29, 1.82) is 0 Å². The molecule has 3 aromatic rings. The van der Waals surface area contributed by atoms with Gasteiger partial charge in [0.1, 0.15) is 17.1 Å². The second-order valence-electron chi connectivity index (χ2n) is 8.32. The van der Waals surface area contributed by atoms with Crippen molar-refractivity contribution < 1.29 is 9.84 Å². The van der Waals surface area contributed by atoms with E-state index in [-0.39, 0.29) is 12.2 Å². The fourth-order valence-corrected chi connectivity index (χ4v) is 5.16. The van der Waals surface area contributed by atoms with Crippen LogP contribution in [0.2, 0.25) is 0 Å². The molecule has 2 N–H and O–H groups in total. The summed E-state index contributed by atoms with van der Waals surface area (Å²) < 4.78 is 9.77. The molecule has 0 unspecified atom stereocenters. The maximum atomic E-state index is 12.9. The molecule has 1 fully saturated rings. The minimum absolute atomic E-state index is 0.175. The van der Waals surface area contributed by atoms with Crippen LogP contribution in [-0.4, -0.2) is 80.0 Å². The number of hydrogen-bond acceptors (Lipinski definition) is 8. The molecule has 0 spiro atoms. The van der Waals surface area contributed by atoms with Crippen LogP contribution in [0.25, 0.3) is 22.4 Å². The molecule has 178 valence electrons. The second-order valence-corrected chi connectivity index (χ2v) is 9.49. The molecule has 0 aliphatic carbocycles. The highest BCUT2D eigenvalue weighted by molar-refractivity contribution is 7.97. The first-order chi connectivity index (χ1) is 15.9. The van der Waals surface area contributed by atoms with Gasteiger partial charge in [0.15, 0.2) is 5.52 Å². The highest BCUT2D eigenvalue weighted by atomic mass is 32.2. The quantitative estimate of drug-likeness (QED) is 0.434. The lowest BCUT2D eigenvalue weighted by Crippen LogP contribution is -2.55. The van der Waals surface area contributed by atoms with E-state index < -0.39 is 0 Å². The zero-order valence-corrected chi connectivity index (χ0v) is 20.5. The molecule has 2 aromatic heterocycles. The zero-order valence-electron chi connectivity index (χ0n) is 19.7. The normalized spacial score (nSPS) is 14.8. The Bertz CT molecular complexity index is 1170. The smallest absolute Gasteiger partial charge is 0.277 e. The number of ether oxygens (including phenoxy) is 1. The highest BCUT2D eigenvalue weighted by Gasteiger charge is 2.30. The van der Waals surface area contributed by atoms with Crippen molar-refractivity contribution in [2.24, 2.45) is 7.05 Å². The maximum Gasteiger partial charge on any atom is 0.277 e. The number of fused-ring (bicyclic) bond motifs is 1. The van der Waals surface area contributed by atoms with Crippen LogP contribution in [0, 0.1) is 0 Å². The van der Waals surface area contributed by atoms with Gasteiger partial charge in [0.2, 0.25) is 0 Å². The van der Waals surface area contributed by atoms with Crippen molar-refractivity contribution in [3.8, 4) is 17.1 Å². The van der Waals surface area contributed by atoms with Gasteiger partial charge in [0, 0.05) is 37.6 Å². The van der Waals surface area contributed by atoms with E-state index in [0.717, 1.165) is 42.1 Å². The molecule has 9 nitrogen and oxygen atoms in total. The Kier molecular flexibility index (Phi) is 7.38. The molecule has 10 heteroatoms. The van der Waals surface area contributed by atoms with Crippen molar-refractivity contribution in [2.45, 2.75) is 37.6 Å². The summed E-state index contributed by atoms with van der Waals surface area (Å²) in [6, 6.07) is 6.46. The van der Waals surface area contributed by atoms with Crippen LogP contribution >= 0.6 is 11.9 Å². The van der Waals surface area contributed by atoms with Gasteiger partial charge < -0.3 is 14.8 Å². The van der Waals surface area contributed by atoms with Crippen LogP contribution in [0.4, 0.5) is 0 Å². The Labute approximate surface area is 197 Å². The molecular weight excluding hydrogens is 440 g/mol. The third-order valence-corrected chi connectivity index (χ3v) is 6.92. The van der Waals surface area contributed by atoms with Gasteiger partial charge in [-0.3, -0.25) is 14.4 Å². The van der Waals surface area contributed by atoms with Gasteiger partial charge in [0.05, 0.1) is 24.5 Å². The van der Waals surface area contributed by atoms with Gasteiger partial charge in [0.25, 0.3) is 5.56 Å². The topological polar surface area (TPSA) is 99.5 Å². The van der Waals surface area contributed by atoms with Gasteiger partial charge in [-0.05, 0) is 50.5 Å². The fourth-order valence-electron chi connectivity index (χ4n) is 4.07. The number of aryl methyl sites for hydroxylation is 2. The van der Waals surface area contributed by atoms with Crippen molar-refractivity contribution in [3.05, 3.63) is 34.2 Å². The molecule has 4 rings (SSSR count). The minimum atomic E-state index is -0.203. The maximum absolute atomic E-state index is 12.9. The predicted octanol–water partition coefficient (Wildman–Crippen LogP) is 2.29. The standard InChI is InChI=1S/C23H32N6O3S/c1-5-7-18-20-21(28(4)26-18)23(31)25-22(24-20)17-12-16(8-9-19(17)32-6-2)33-29-13-15(14-29)27(3)10-11-30/h8-9,12,15,30H,5-7,10-11,13-14H2,1-4H3,(H,24,25,31). The fraction of sp³-hybridized carbons (Fsp3) is 0.522. The monoisotopic (exact) mass is 472 g/mol. The molecule has 0 radical (unpaired) electrons. The van der Waals surface area contributed by atoms with E-state index in [4.69, 9.17) is 14.8 Å². The van der Waals surface area contributed by atoms with Crippen LogP contribution in [0.1, 0.15) is 26.0 Å². The summed E-state index contributed by atoms with van der Waals surface area (Å²) in [7, 11) is 3.82. The Morgan fingerprint density at radius 2 is 2.12 bits per heavy atom. The number of aromatic nitrogens is 4. The first kappa shape index (κ1) is 23.7. The largest absolute Gasteiger partial charge is 0.493 e. The van der Waals surface area contributed by atoms with Gasteiger partial charge in [-0.1, -0.05) is 13.3 Å². The van der Waals surface area contributed by atoms with E-state index in [1.165, 1.54) is 0 Å². The van der Waals surface area contributed by atoms with Crippen LogP contribution in [0.15, 0.2) is 27.9 Å². The first-order valence-electron chi connectivity index (χ1n) is 11.4. The number of rotatable bonds is 10. The molecule has 33 heavy (non-hydrogen) atoms. The van der Waals surface area contributed by atoms with Gasteiger partial charge in [-0.2, -0.15) is 5.10 Å². The summed E-state index contributed by atoms with van der Waals surface area (Å²) in [6.45, 7) is 7.27. The number of aromatic amines is 1. The SMILES string of the molecule is CCCc1nn(C)c2c(=O)[nH]c(-c3cc(SN4CC(N(C)CCO)C4)ccc3OCC)nc12. The lowest BCUT2D eigenvalue weighted by molar-refractivity contribution is 0.0999. The number of H-pyrrole nitrogens is 1. The molecule has 1 aliphatic rings. The Morgan fingerprint density at radius 3 is 2.82 bits per heavy atom. The molecule has 1 aliphatic heterocycles. The van der Waals surface area contributed by atoms with Crippen molar-refractivity contribution in [1.82, 2.24) is 29.0 Å². The van der Waals surface area contributed by atoms with Crippen molar-refractivity contribution in [3.63, 3.8) is 0 Å². The number of hydrogen-bond donors (Lipinski definition) is 2. The number of nitrogens with one attached hydrogen (secondary N) is 1. The third-order valence-electron chi connectivity index (χ3n) is 5.89. The summed E-state index contributed by atoms with van der Waals surface area (Å²) in [4.78, 5) is 23.9. The zero-order chi connectivity index (χ0) is 23.5. The molecular formula is C23H32N6O3S. The van der Waals surface area contributed by atoms with Crippen molar-refractivity contribution in [2.75, 3.05) is 39.9 Å². The molecule has 1 saturated heterocycles. The van der Waals surface area contributed by atoms with E-state index in [1.54, 1.807) is 23.7 Å². The average molecular weight is 473 g/mol. The van der Waals surface area contributed by atoms with E-state index in [1.807, 2.05) is 32.2 Å². The number of aliphatic hydroxyl groups is 1. The number of benzene rings is 1. The van der Waals surface area contributed by atoms with Gasteiger partial charge >= 0.3 is 0 Å². The average Bonchev–Trinajstić information content (AvgIpc) is 3.07. The summed E-state index contributed by atoms with van der Waals surface area (Å²) in [6.07, 6.45) is 1.69. The van der Waals surface area contributed by atoms with E-state index >= 15 is 0 Å². The highest BCUT2D eigenvalue weighted by Crippen LogP contribution is 2.36. The minimum Gasteiger partial charge on any atom is -0.493 e. The molecule has 0 saturated carbocycles. The number of nitrogens with zero attached hydrogens (tertiary/aromatic N) is 5. The third kappa shape index (κ3) is 4.93. The van der Waals surface area contributed by atoms with Gasteiger partial charge in [-0.25, -0.2) is 9.29 Å². The van der Waals surface area contributed by atoms with E-state index in [0.29, 0.717) is 41.8 Å². The van der Waals surface area contributed by atoms with Crippen LogP contribution < -0.4 is 10.3 Å².